The Balaban J connectivity index is 0.00000225. The van der Waals surface area contributed by atoms with E-state index in [1.165, 1.54) is 0 Å². The van der Waals surface area contributed by atoms with Gasteiger partial charge in [0.25, 0.3) is 0 Å². The summed E-state index contributed by atoms with van der Waals surface area (Å²) in [6, 6.07) is 10.0. The smallest absolute Gasteiger partial charge is 0.0563 e. The van der Waals surface area contributed by atoms with Gasteiger partial charge in [-0.1, -0.05) is 23.4 Å². The number of hydrogen-bond donors (Lipinski definition) is 2. The van der Waals surface area contributed by atoms with Gasteiger partial charge in [-0.15, -0.1) is 12.4 Å². The van der Waals surface area contributed by atoms with Crippen molar-refractivity contribution in [1.29, 1.82) is 0 Å². The second-order valence-electron chi connectivity index (χ2n) is 4.39. The Morgan fingerprint density at radius 3 is 2.38 bits per heavy atom. The molecular weight excluding hydrogens is 224 g/mol. The van der Waals surface area contributed by atoms with E-state index in [9.17, 15) is 0 Å². The molecule has 0 unspecified atom stereocenters. The van der Waals surface area contributed by atoms with Gasteiger partial charge in [0, 0.05) is 17.6 Å². The van der Waals surface area contributed by atoms with E-state index in [0.29, 0.717) is 6.42 Å². The van der Waals surface area contributed by atoms with Gasteiger partial charge in [0.2, 0.25) is 0 Å². The van der Waals surface area contributed by atoms with E-state index >= 15 is 0 Å². The van der Waals surface area contributed by atoms with E-state index in [1.807, 2.05) is 37.3 Å². The molecule has 0 fully saturated rings. The first-order chi connectivity index (χ1) is 7.03. The van der Waals surface area contributed by atoms with Crippen molar-refractivity contribution in [2.24, 2.45) is 5.16 Å². The van der Waals surface area contributed by atoms with Crippen LogP contribution >= 0.6 is 12.4 Å². The predicted molar refractivity (Wildman–Crippen MR) is 70.9 cm³/mol. The maximum Gasteiger partial charge on any atom is 0.0563 e. The van der Waals surface area contributed by atoms with E-state index in [-0.39, 0.29) is 17.9 Å². The highest BCUT2D eigenvalue weighted by Crippen LogP contribution is 2.18. The quantitative estimate of drug-likeness (QED) is 0.482. The van der Waals surface area contributed by atoms with Crippen LogP contribution in [0.3, 0.4) is 0 Å². The predicted octanol–water partition coefficient (Wildman–Crippen LogP) is 3.54. The molecule has 0 aliphatic rings. The molecule has 0 amide bonds. The molecule has 0 atom stereocenters. The summed E-state index contributed by atoms with van der Waals surface area (Å²) >= 11 is 0. The topological polar surface area (TPSA) is 44.6 Å². The molecule has 90 valence electrons. The SMILES string of the molecule is CC(CC(C)(C)Nc1ccccc1)=NO.Cl. The van der Waals surface area contributed by atoms with Crippen LogP contribution in [0.2, 0.25) is 0 Å². The monoisotopic (exact) mass is 242 g/mol. The molecule has 0 aliphatic carbocycles. The van der Waals surface area contributed by atoms with Crippen LogP contribution in [0, 0.1) is 0 Å². The van der Waals surface area contributed by atoms with E-state index in [1.54, 1.807) is 0 Å². The molecule has 0 saturated carbocycles. The van der Waals surface area contributed by atoms with Gasteiger partial charge in [-0.2, -0.15) is 0 Å². The number of nitrogens with one attached hydrogen (secondary N) is 1. The second kappa shape index (κ2) is 6.38. The van der Waals surface area contributed by atoms with Crippen LogP contribution in [-0.2, 0) is 0 Å². The van der Waals surface area contributed by atoms with Gasteiger partial charge < -0.3 is 10.5 Å². The molecule has 1 aromatic rings. The van der Waals surface area contributed by atoms with Crippen molar-refractivity contribution >= 4 is 23.8 Å². The molecule has 0 bridgehead atoms. The molecule has 0 saturated heterocycles. The summed E-state index contributed by atoms with van der Waals surface area (Å²) in [5, 5.41) is 15.2. The molecule has 0 radical (unpaired) electrons. The first-order valence-corrected chi connectivity index (χ1v) is 5.04. The number of para-hydroxylation sites is 1. The minimum Gasteiger partial charge on any atom is -0.411 e. The lowest BCUT2D eigenvalue weighted by atomic mass is 9.97. The normalized spacial score (nSPS) is 11.8. The molecule has 0 heterocycles. The highest BCUT2D eigenvalue weighted by Gasteiger charge is 2.18. The highest BCUT2D eigenvalue weighted by atomic mass is 35.5. The lowest BCUT2D eigenvalue weighted by Crippen LogP contribution is -2.33. The number of anilines is 1. The summed E-state index contributed by atoms with van der Waals surface area (Å²) in [4.78, 5) is 0. The van der Waals surface area contributed by atoms with Crippen molar-refractivity contribution in [2.45, 2.75) is 32.7 Å². The summed E-state index contributed by atoms with van der Waals surface area (Å²) < 4.78 is 0. The fourth-order valence-electron chi connectivity index (χ4n) is 1.63. The van der Waals surface area contributed by atoms with Crippen LogP contribution in [0.15, 0.2) is 35.5 Å². The molecule has 16 heavy (non-hydrogen) atoms. The Morgan fingerprint density at radius 1 is 1.31 bits per heavy atom. The third kappa shape index (κ3) is 5.03. The van der Waals surface area contributed by atoms with Crippen molar-refractivity contribution in [3.8, 4) is 0 Å². The number of oxime groups is 1. The molecule has 1 aromatic carbocycles. The third-order valence-electron chi connectivity index (χ3n) is 2.13. The summed E-state index contributed by atoms with van der Waals surface area (Å²) in [6.07, 6.45) is 0.707. The Morgan fingerprint density at radius 2 is 1.88 bits per heavy atom. The summed E-state index contributed by atoms with van der Waals surface area (Å²) in [7, 11) is 0. The third-order valence-corrected chi connectivity index (χ3v) is 2.13. The van der Waals surface area contributed by atoms with Crippen LogP contribution in [0.25, 0.3) is 0 Å². The molecule has 0 aliphatic heterocycles. The zero-order valence-electron chi connectivity index (χ0n) is 9.90. The zero-order chi connectivity index (χ0) is 11.3. The molecule has 3 nitrogen and oxygen atoms in total. The van der Waals surface area contributed by atoms with Crippen molar-refractivity contribution in [1.82, 2.24) is 0 Å². The first-order valence-electron chi connectivity index (χ1n) is 5.04. The lowest BCUT2D eigenvalue weighted by molar-refractivity contribution is 0.316. The van der Waals surface area contributed by atoms with Gasteiger partial charge in [-0.25, -0.2) is 0 Å². The molecule has 0 spiro atoms. The van der Waals surface area contributed by atoms with Gasteiger partial charge in [0.1, 0.15) is 0 Å². The summed E-state index contributed by atoms with van der Waals surface area (Å²) in [5.74, 6) is 0. The average molecular weight is 243 g/mol. The van der Waals surface area contributed by atoms with Crippen LogP contribution in [-0.4, -0.2) is 16.5 Å². The number of hydrogen-bond acceptors (Lipinski definition) is 3. The van der Waals surface area contributed by atoms with Crippen molar-refractivity contribution < 1.29 is 5.21 Å². The van der Waals surface area contributed by atoms with E-state index in [0.717, 1.165) is 11.4 Å². The molecular formula is C12H19ClN2O. The molecule has 1 rings (SSSR count). The Hall–Kier alpha value is -1.22. The average Bonchev–Trinajstić information content (AvgIpc) is 2.17. The zero-order valence-corrected chi connectivity index (χ0v) is 10.7. The van der Waals surface area contributed by atoms with Gasteiger partial charge in [-0.05, 0) is 32.9 Å². The highest BCUT2D eigenvalue weighted by molar-refractivity contribution is 5.85. The molecule has 4 heteroatoms. The van der Waals surface area contributed by atoms with Gasteiger partial charge in [-0.3, -0.25) is 0 Å². The number of benzene rings is 1. The van der Waals surface area contributed by atoms with Gasteiger partial charge in [0.15, 0.2) is 0 Å². The van der Waals surface area contributed by atoms with Crippen molar-refractivity contribution in [2.75, 3.05) is 5.32 Å². The minimum absolute atomic E-state index is 0. The van der Waals surface area contributed by atoms with E-state index in [2.05, 4.69) is 24.3 Å². The Bertz CT molecular complexity index is 336. The standard InChI is InChI=1S/C12H18N2O.ClH/c1-10(14-15)9-12(2,3)13-11-7-5-4-6-8-11;/h4-8,13,15H,9H2,1-3H3;1H. The van der Waals surface area contributed by atoms with Crippen LogP contribution in [0.5, 0.6) is 0 Å². The first kappa shape index (κ1) is 14.8. The van der Waals surface area contributed by atoms with Crippen LogP contribution in [0.1, 0.15) is 27.2 Å². The maximum absolute atomic E-state index is 8.62. The number of halogens is 1. The fraction of sp³-hybridized carbons (Fsp3) is 0.417. The maximum atomic E-state index is 8.62. The van der Waals surface area contributed by atoms with E-state index < -0.39 is 0 Å². The lowest BCUT2D eigenvalue weighted by Gasteiger charge is -2.27. The number of rotatable bonds is 4. The summed E-state index contributed by atoms with van der Waals surface area (Å²) in [5.41, 5.74) is 1.69. The largest absolute Gasteiger partial charge is 0.411 e. The second-order valence-corrected chi connectivity index (χ2v) is 4.39. The minimum atomic E-state index is -0.113. The Labute approximate surface area is 103 Å². The summed E-state index contributed by atoms with van der Waals surface area (Å²) in [6.45, 7) is 5.97. The van der Waals surface area contributed by atoms with Crippen molar-refractivity contribution in [3.05, 3.63) is 30.3 Å². The molecule has 2 N–H and O–H groups in total. The van der Waals surface area contributed by atoms with Crippen LogP contribution in [0.4, 0.5) is 5.69 Å². The van der Waals surface area contributed by atoms with Crippen LogP contribution < -0.4 is 5.32 Å². The van der Waals surface area contributed by atoms with E-state index in [4.69, 9.17) is 5.21 Å². The Kier molecular flexibility index (Phi) is 5.89. The fourth-order valence-corrected chi connectivity index (χ4v) is 1.63. The van der Waals surface area contributed by atoms with Gasteiger partial charge >= 0.3 is 0 Å². The number of nitrogens with zero attached hydrogens (tertiary/aromatic N) is 1. The molecule has 0 aromatic heterocycles. The van der Waals surface area contributed by atoms with Crippen molar-refractivity contribution in [3.63, 3.8) is 0 Å². The van der Waals surface area contributed by atoms with Gasteiger partial charge in [0.05, 0.1) is 5.71 Å².